The molecule has 0 radical (unpaired) electrons. The van der Waals surface area contributed by atoms with E-state index in [2.05, 4.69) is 20.7 Å². The summed E-state index contributed by atoms with van der Waals surface area (Å²) in [5.41, 5.74) is 1.65. The third-order valence-corrected chi connectivity index (χ3v) is 5.99. The molecule has 0 saturated carbocycles. The van der Waals surface area contributed by atoms with E-state index in [1.165, 1.54) is 24.3 Å². The lowest BCUT2D eigenvalue weighted by Crippen LogP contribution is -2.40. The second kappa shape index (κ2) is 7.20. The summed E-state index contributed by atoms with van der Waals surface area (Å²) in [6.07, 6.45) is 1.18. The number of hydrogen-bond donors (Lipinski definition) is 1. The van der Waals surface area contributed by atoms with Crippen LogP contribution >= 0.6 is 15.9 Å². The molecule has 0 atom stereocenters. The molecule has 1 fully saturated rings. The molecule has 2 aromatic carbocycles. The molecule has 1 aliphatic heterocycles. The van der Waals surface area contributed by atoms with Crippen molar-refractivity contribution in [3.05, 3.63) is 52.5 Å². The molecule has 1 heterocycles. The van der Waals surface area contributed by atoms with Crippen molar-refractivity contribution in [3.8, 4) is 0 Å². The summed E-state index contributed by atoms with van der Waals surface area (Å²) < 4.78 is 28.6. The first-order valence-corrected chi connectivity index (χ1v) is 10.3. The highest BCUT2D eigenvalue weighted by Crippen LogP contribution is 2.26. The van der Waals surface area contributed by atoms with Crippen LogP contribution in [-0.2, 0) is 19.6 Å². The molecule has 6 nitrogen and oxygen atoms in total. The Morgan fingerprint density at radius 1 is 1.00 bits per heavy atom. The molecule has 0 spiro atoms. The molecule has 2 amide bonds. The lowest BCUT2D eigenvalue weighted by Gasteiger charge is -2.24. The van der Waals surface area contributed by atoms with Crippen LogP contribution in [0.5, 0.6) is 0 Å². The van der Waals surface area contributed by atoms with Crippen molar-refractivity contribution in [3.63, 3.8) is 0 Å². The van der Waals surface area contributed by atoms with Crippen molar-refractivity contribution in [2.24, 2.45) is 0 Å². The number of nitrogens with zero attached hydrogens (tertiary/aromatic N) is 1. The van der Waals surface area contributed by atoms with Gasteiger partial charge in [0.2, 0.25) is 11.8 Å². The van der Waals surface area contributed by atoms with E-state index in [1.807, 2.05) is 6.07 Å². The molecule has 0 aliphatic carbocycles. The lowest BCUT2D eigenvalue weighted by molar-refractivity contribution is -0.129. The highest BCUT2D eigenvalue weighted by atomic mass is 79.9. The number of carbonyl (C=O) groups excluding carboxylic acids is 2. The number of hydrogen-bond acceptors (Lipinski definition) is 4. The molecule has 0 unspecified atom stereocenters. The van der Waals surface area contributed by atoms with E-state index in [1.54, 1.807) is 19.1 Å². The highest BCUT2D eigenvalue weighted by molar-refractivity contribution is 9.10. The quantitative estimate of drug-likeness (QED) is 0.741. The molecule has 1 aliphatic rings. The van der Waals surface area contributed by atoms with Crippen molar-refractivity contribution in [2.75, 3.05) is 9.62 Å². The molecule has 26 heavy (non-hydrogen) atoms. The second-order valence-corrected chi connectivity index (χ2v) is 8.63. The van der Waals surface area contributed by atoms with Gasteiger partial charge in [-0.1, -0.05) is 15.9 Å². The van der Waals surface area contributed by atoms with Crippen molar-refractivity contribution in [2.45, 2.75) is 31.1 Å². The number of anilines is 2. The van der Waals surface area contributed by atoms with Gasteiger partial charge in [-0.05, 0) is 61.4 Å². The summed E-state index contributed by atoms with van der Waals surface area (Å²) in [5.74, 6) is -0.527. The third kappa shape index (κ3) is 3.81. The van der Waals surface area contributed by atoms with Crippen LogP contribution < -0.4 is 9.62 Å². The van der Waals surface area contributed by atoms with Crippen molar-refractivity contribution >= 4 is 49.1 Å². The van der Waals surface area contributed by atoms with Crippen molar-refractivity contribution in [1.82, 2.24) is 0 Å². The summed E-state index contributed by atoms with van der Waals surface area (Å²) in [7, 11) is -3.78. The van der Waals surface area contributed by atoms with Gasteiger partial charge < -0.3 is 0 Å². The SMILES string of the molecule is Cc1cc(Br)ccc1NS(=O)(=O)c1ccc(N2C(=O)CCCC2=O)cc1. The number of amides is 2. The Morgan fingerprint density at radius 3 is 2.19 bits per heavy atom. The van der Waals surface area contributed by atoms with Gasteiger partial charge in [-0.15, -0.1) is 0 Å². The molecule has 1 saturated heterocycles. The minimum atomic E-state index is -3.78. The third-order valence-electron chi connectivity index (χ3n) is 4.12. The molecular formula is C18H17BrN2O4S. The van der Waals surface area contributed by atoms with Crippen LogP contribution in [-0.4, -0.2) is 20.2 Å². The predicted molar refractivity (Wildman–Crippen MR) is 102 cm³/mol. The molecule has 0 aromatic heterocycles. The fourth-order valence-corrected chi connectivity index (χ4v) is 4.37. The zero-order chi connectivity index (χ0) is 18.9. The predicted octanol–water partition coefficient (Wildman–Crippen LogP) is 3.60. The zero-order valence-corrected chi connectivity index (χ0v) is 16.4. The number of aryl methyl sites for hydroxylation is 1. The molecule has 1 N–H and O–H groups in total. The van der Waals surface area contributed by atoms with Crippen LogP contribution in [0.2, 0.25) is 0 Å². The maximum Gasteiger partial charge on any atom is 0.261 e. The topological polar surface area (TPSA) is 83.6 Å². The van der Waals surface area contributed by atoms with E-state index in [9.17, 15) is 18.0 Å². The van der Waals surface area contributed by atoms with Gasteiger partial charge in [0.25, 0.3) is 10.0 Å². The van der Waals surface area contributed by atoms with E-state index < -0.39 is 10.0 Å². The molecular weight excluding hydrogens is 420 g/mol. The standard InChI is InChI=1S/C18H17BrN2O4S/c1-12-11-13(19)5-10-16(12)20-26(24,25)15-8-6-14(7-9-15)21-17(22)3-2-4-18(21)23/h5-11,20H,2-4H2,1H3. The summed E-state index contributed by atoms with van der Waals surface area (Å²) >= 11 is 3.34. The van der Waals surface area contributed by atoms with Crippen LogP contribution in [0.25, 0.3) is 0 Å². The van der Waals surface area contributed by atoms with E-state index >= 15 is 0 Å². The first-order chi connectivity index (χ1) is 12.3. The second-order valence-electron chi connectivity index (χ2n) is 6.04. The summed E-state index contributed by atoms with van der Waals surface area (Å²) in [4.78, 5) is 25.1. The molecule has 0 bridgehead atoms. The maximum absolute atomic E-state index is 12.6. The molecule has 3 rings (SSSR count). The van der Waals surface area contributed by atoms with E-state index in [-0.39, 0.29) is 16.7 Å². The van der Waals surface area contributed by atoms with Gasteiger partial charge in [-0.25, -0.2) is 8.42 Å². The van der Waals surface area contributed by atoms with Gasteiger partial charge in [0, 0.05) is 17.3 Å². The van der Waals surface area contributed by atoms with Gasteiger partial charge in [-0.3, -0.25) is 19.2 Å². The normalized spacial score (nSPS) is 15.2. The minimum absolute atomic E-state index is 0.0560. The Hall–Kier alpha value is -2.19. The number of halogens is 1. The first kappa shape index (κ1) is 18.6. The molecule has 2 aromatic rings. The van der Waals surface area contributed by atoms with Gasteiger partial charge in [0.15, 0.2) is 0 Å². The Balaban J connectivity index is 1.85. The van der Waals surface area contributed by atoms with Gasteiger partial charge in [0.05, 0.1) is 16.3 Å². The van der Waals surface area contributed by atoms with Gasteiger partial charge in [0.1, 0.15) is 0 Å². The number of benzene rings is 2. The van der Waals surface area contributed by atoms with Crippen LogP contribution in [0.4, 0.5) is 11.4 Å². The molecule has 8 heteroatoms. The number of rotatable bonds is 4. The minimum Gasteiger partial charge on any atom is -0.279 e. The zero-order valence-electron chi connectivity index (χ0n) is 14.0. The summed E-state index contributed by atoms with van der Waals surface area (Å²) in [6.45, 7) is 1.80. The van der Waals surface area contributed by atoms with Crippen LogP contribution in [0.3, 0.4) is 0 Å². The maximum atomic E-state index is 12.6. The average Bonchev–Trinajstić information content (AvgIpc) is 2.58. The van der Waals surface area contributed by atoms with Gasteiger partial charge >= 0.3 is 0 Å². The van der Waals surface area contributed by atoms with Crippen LogP contribution in [0, 0.1) is 6.92 Å². The Morgan fingerprint density at radius 2 is 1.62 bits per heavy atom. The summed E-state index contributed by atoms with van der Waals surface area (Å²) in [5, 5.41) is 0. The fraction of sp³-hybridized carbons (Fsp3) is 0.222. The van der Waals surface area contributed by atoms with E-state index in [4.69, 9.17) is 0 Å². The van der Waals surface area contributed by atoms with Crippen molar-refractivity contribution in [1.29, 1.82) is 0 Å². The number of imide groups is 1. The van der Waals surface area contributed by atoms with E-state index in [0.29, 0.717) is 30.6 Å². The van der Waals surface area contributed by atoms with E-state index in [0.717, 1.165) is 14.9 Å². The average molecular weight is 437 g/mol. The van der Waals surface area contributed by atoms with Gasteiger partial charge in [-0.2, -0.15) is 0 Å². The smallest absolute Gasteiger partial charge is 0.261 e. The Labute approximate surface area is 160 Å². The van der Waals surface area contributed by atoms with Crippen LogP contribution in [0.1, 0.15) is 24.8 Å². The number of carbonyl (C=O) groups is 2. The number of piperidine rings is 1. The largest absolute Gasteiger partial charge is 0.279 e. The number of sulfonamides is 1. The summed E-state index contributed by atoms with van der Waals surface area (Å²) in [6, 6.07) is 11.0. The number of nitrogens with one attached hydrogen (secondary N) is 1. The molecule has 136 valence electrons. The highest BCUT2D eigenvalue weighted by Gasteiger charge is 2.27. The monoisotopic (exact) mass is 436 g/mol. The van der Waals surface area contributed by atoms with Crippen LogP contribution in [0.15, 0.2) is 51.8 Å². The fourth-order valence-electron chi connectivity index (χ4n) is 2.76. The first-order valence-electron chi connectivity index (χ1n) is 8.03. The lowest BCUT2D eigenvalue weighted by atomic mass is 10.1. The van der Waals surface area contributed by atoms with Crippen molar-refractivity contribution < 1.29 is 18.0 Å². The Bertz CT molecular complexity index is 955. The Kier molecular flexibility index (Phi) is 5.15.